The molecule has 27 heavy (non-hydrogen) atoms. The highest BCUT2D eigenvalue weighted by Gasteiger charge is 1.89. The van der Waals surface area contributed by atoms with E-state index in [0.29, 0.717) is 10.7 Å². The molecule has 0 bridgehead atoms. The van der Waals surface area contributed by atoms with Crippen LogP contribution in [0.4, 0.5) is 0 Å². The van der Waals surface area contributed by atoms with Gasteiger partial charge in [0.05, 0.1) is 22.2 Å². The highest BCUT2D eigenvalue weighted by molar-refractivity contribution is 9.09. The number of hydrogen-bond acceptors (Lipinski definition) is 1. The molecule has 0 spiro atoms. The molecular formula is C24H16Br2S. The third-order valence-corrected chi connectivity index (χ3v) is 4.44. The van der Waals surface area contributed by atoms with Crippen molar-refractivity contribution in [1.29, 1.82) is 0 Å². The van der Waals surface area contributed by atoms with Crippen LogP contribution < -0.4 is 0 Å². The summed E-state index contributed by atoms with van der Waals surface area (Å²) in [5.41, 5.74) is 4.03. The zero-order chi connectivity index (χ0) is 19.2. The molecule has 0 aromatic heterocycles. The lowest BCUT2D eigenvalue weighted by Gasteiger charge is -1.92. The quantitative estimate of drug-likeness (QED) is 0.309. The van der Waals surface area contributed by atoms with Gasteiger partial charge in [-0.1, -0.05) is 79.2 Å². The van der Waals surface area contributed by atoms with Gasteiger partial charge in [0.2, 0.25) is 0 Å². The molecule has 0 amide bonds. The fraction of sp³-hybridized carbons (Fsp3) is 0.167. The fourth-order valence-electron chi connectivity index (χ4n) is 1.97. The lowest BCUT2D eigenvalue weighted by molar-refractivity contribution is 1.59. The van der Waals surface area contributed by atoms with Crippen molar-refractivity contribution in [3.05, 3.63) is 70.8 Å². The van der Waals surface area contributed by atoms with Crippen molar-refractivity contribution in [2.24, 2.45) is 0 Å². The number of rotatable bonds is 2. The summed E-state index contributed by atoms with van der Waals surface area (Å²) in [6.07, 6.45) is 0. The number of thioether (sulfide) groups is 1. The molecule has 0 aliphatic heterocycles. The molecule has 0 saturated carbocycles. The van der Waals surface area contributed by atoms with Crippen molar-refractivity contribution >= 4 is 43.6 Å². The van der Waals surface area contributed by atoms with Crippen LogP contribution in [0.15, 0.2) is 48.5 Å². The van der Waals surface area contributed by atoms with Crippen molar-refractivity contribution in [1.82, 2.24) is 0 Å². The summed E-state index contributed by atoms with van der Waals surface area (Å²) in [6, 6.07) is 16.0. The average molecular weight is 496 g/mol. The van der Waals surface area contributed by atoms with E-state index in [9.17, 15) is 0 Å². The van der Waals surface area contributed by atoms with Crippen molar-refractivity contribution in [2.75, 3.05) is 22.2 Å². The minimum absolute atomic E-state index is 0.687. The van der Waals surface area contributed by atoms with E-state index in [4.69, 9.17) is 0 Å². The molecule has 0 aliphatic rings. The van der Waals surface area contributed by atoms with Crippen LogP contribution in [-0.4, -0.2) is 22.2 Å². The van der Waals surface area contributed by atoms with Crippen molar-refractivity contribution in [2.45, 2.75) is 0 Å². The van der Waals surface area contributed by atoms with Crippen LogP contribution in [0, 0.1) is 47.4 Å². The molecule has 2 aromatic carbocycles. The van der Waals surface area contributed by atoms with Crippen molar-refractivity contribution in [3.8, 4) is 47.4 Å². The number of benzene rings is 2. The molecule has 0 aliphatic carbocycles. The van der Waals surface area contributed by atoms with Gasteiger partial charge in [0.25, 0.3) is 0 Å². The number of alkyl halides is 2. The molecule has 0 atom stereocenters. The van der Waals surface area contributed by atoms with Gasteiger partial charge in [-0.3, -0.25) is 0 Å². The first-order chi connectivity index (χ1) is 13.3. The third-order valence-electron chi connectivity index (χ3n) is 3.18. The first-order valence-electron chi connectivity index (χ1n) is 8.17. The molecule has 0 nitrogen and oxygen atoms in total. The molecule has 132 valence electrons. The first kappa shape index (κ1) is 21.3. The normalized spacial score (nSPS) is 8.67. The highest BCUT2D eigenvalue weighted by Crippen LogP contribution is 2.04. The van der Waals surface area contributed by atoms with Crippen LogP contribution in [0.5, 0.6) is 0 Å². The zero-order valence-corrected chi connectivity index (χ0v) is 18.6. The van der Waals surface area contributed by atoms with E-state index in [1.165, 1.54) is 0 Å². The van der Waals surface area contributed by atoms with Gasteiger partial charge in [-0.25, -0.2) is 0 Å². The van der Waals surface area contributed by atoms with E-state index in [1.807, 2.05) is 48.5 Å². The Morgan fingerprint density at radius 2 is 0.815 bits per heavy atom. The van der Waals surface area contributed by atoms with Crippen LogP contribution in [-0.2, 0) is 0 Å². The van der Waals surface area contributed by atoms with Crippen LogP contribution in [0.2, 0.25) is 0 Å². The van der Waals surface area contributed by atoms with E-state index >= 15 is 0 Å². The second kappa shape index (κ2) is 13.2. The predicted molar refractivity (Wildman–Crippen MR) is 125 cm³/mol. The molecular weight excluding hydrogens is 480 g/mol. The molecule has 2 aromatic rings. The highest BCUT2D eigenvalue weighted by atomic mass is 79.9. The molecule has 0 heterocycles. The Morgan fingerprint density at radius 3 is 1.11 bits per heavy atom. The lowest BCUT2D eigenvalue weighted by Crippen LogP contribution is -1.80. The third kappa shape index (κ3) is 8.96. The Labute approximate surface area is 183 Å². The predicted octanol–water partition coefficient (Wildman–Crippen LogP) is 5.32. The monoisotopic (exact) mass is 494 g/mol. The summed E-state index contributed by atoms with van der Waals surface area (Å²) < 4.78 is 0. The van der Waals surface area contributed by atoms with Gasteiger partial charge in [-0.2, -0.15) is 0 Å². The molecule has 0 radical (unpaired) electrons. The molecule has 2 rings (SSSR count). The number of halogens is 2. The maximum atomic E-state index is 3.29. The van der Waals surface area contributed by atoms with Gasteiger partial charge in [0.1, 0.15) is 0 Å². The Hall–Kier alpha value is -2.01. The number of hydrogen-bond donors (Lipinski definition) is 0. The van der Waals surface area contributed by atoms with Crippen molar-refractivity contribution in [3.63, 3.8) is 0 Å². The van der Waals surface area contributed by atoms with Crippen LogP contribution >= 0.6 is 43.6 Å². The maximum Gasteiger partial charge on any atom is 0.0649 e. The van der Waals surface area contributed by atoms with Crippen LogP contribution in [0.3, 0.4) is 0 Å². The smallest absolute Gasteiger partial charge is 0.0649 e. The van der Waals surface area contributed by atoms with Gasteiger partial charge >= 0.3 is 0 Å². The SMILES string of the molecule is BrCC#Cc1ccc(C#CCSCC#Cc2ccc(C#CCBr)cc2)cc1. The topological polar surface area (TPSA) is 0 Å². The standard InChI is InChI=1S/C24H16Br2S/c25-17-1-5-21-9-13-23(14-10-21)7-3-19-27-20-4-8-24-15-11-22(12-16-24)6-2-18-26/h9-16H,17-20H2. The lowest BCUT2D eigenvalue weighted by atomic mass is 10.1. The Balaban J connectivity index is 1.75. The molecule has 0 unspecified atom stereocenters. The van der Waals surface area contributed by atoms with Crippen LogP contribution in [0.25, 0.3) is 0 Å². The van der Waals surface area contributed by atoms with Gasteiger partial charge in [-0.15, -0.1) is 11.8 Å². The average Bonchev–Trinajstić information content (AvgIpc) is 2.71. The summed E-state index contributed by atoms with van der Waals surface area (Å²) in [5, 5.41) is 1.37. The van der Waals surface area contributed by atoms with E-state index in [0.717, 1.165) is 33.8 Å². The molecule has 0 fully saturated rings. The van der Waals surface area contributed by atoms with Gasteiger partial charge in [-0.05, 0) is 48.5 Å². The van der Waals surface area contributed by atoms with Gasteiger partial charge in [0.15, 0.2) is 0 Å². The summed E-state index contributed by atoms with van der Waals surface area (Å²) in [6.45, 7) is 0. The van der Waals surface area contributed by atoms with E-state index in [-0.39, 0.29) is 0 Å². The Kier molecular flexibility index (Phi) is 10.4. The maximum absolute atomic E-state index is 3.29. The molecule has 0 N–H and O–H groups in total. The zero-order valence-electron chi connectivity index (χ0n) is 14.6. The molecule has 0 saturated heterocycles. The second-order valence-corrected chi connectivity index (χ2v) is 7.23. The van der Waals surface area contributed by atoms with Crippen molar-refractivity contribution < 1.29 is 0 Å². The summed E-state index contributed by atoms with van der Waals surface area (Å²) in [7, 11) is 0. The van der Waals surface area contributed by atoms with Gasteiger partial charge in [0, 0.05) is 22.3 Å². The minimum atomic E-state index is 0.687. The first-order valence-corrected chi connectivity index (χ1v) is 11.6. The van der Waals surface area contributed by atoms with E-state index < -0.39 is 0 Å². The van der Waals surface area contributed by atoms with E-state index in [2.05, 4.69) is 79.2 Å². The summed E-state index contributed by atoms with van der Waals surface area (Å²) in [4.78, 5) is 0. The minimum Gasteiger partial charge on any atom is -0.136 e. The Bertz CT molecular complexity index is 891. The molecule has 3 heteroatoms. The summed E-state index contributed by atoms with van der Waals surface area (Å²) >= 11 is 8.30. The van der Waals surface area contributed by atoms with Gasteiger partial charge < -0.3 is 0 Å². The van der Waals surface area contributed by atoms with Crippen LogP contribution in [0.1, 0.15) is 22.3 Å². The summed E-state index contributed by atoms with van der Waals surface area (Å²) in [5.74, 6) is 26.3. The van der Waals surface area contributed by atoms with E-state index in [1.54, 1.807) is 11.8 Å². The second-order valence-electron chi connectivity index (χ2n) is 5.12. The Morgan fingerprint density at radius 1 is 0.519 bits per heavy atom. The largest absolute Gasteiger partial charge is 0.136 e. The fourth-order valence-corrected chi connectivity index (χ4v) is 2.71.